The molecule has 10 N–H and O–H groups in total. The Balaban J connectivity index is 0.00000127. The summed E-state index contributed by atoms with van der Waals surface area (Å²) in [6.45, 7) is 23.3. The van der Waals surface area contributed by atoms with Crippen molar-refractivity contribution >= 4 is 168 Å². The van der Waals surface area contributed by atoms with Gasteiger partial charge in [-0.3, -0.25) is 10.1 Å². The first kappa shape index (κ1) is 99.8. The first-order valence-corrected chi connectivity index (χ1v) is 40.9. The van der Waals surface area contributed by atoms with Crippen molar-refractivity contribution in [2.75, 3.05) is 56.9 Å². The molecule has 5 aromatic rings. The summed E-state index contributed by atoms with van der Waals surface area (Å²) in [5.74, 6) is -0.746. The minimum Gasteiger partial charge on any atom is -0.444 e. The van der Waals surface area contributed by atoms with Crippen molar-refractivity contribution in [2.45, 2.75) is 151 Å². The molecular weight excluding hydrogens is 1800 g/mol. The van der Waals surface area contributed by atoms with E-state index in [0.717, 1.165) is 12.9 Å². The summed E-state index contributed by atoms with van der Waals surface area (Å²) in [7, 11) is -8.54. The Morgan fingerprint density at radius 1 is 0.561 bits per heavy atom. The van der Waals surface area contributed by atoms with Crippen LogP contribution in [0.15, 0.2) is 124 Å². The van der Waals surface area contributed by atoms with Crippen LogP contribution in [0.5, 0.6) is 0 Å². The van der Waals surface area contributed by atoms with Gasteiger partial charge in [0.05, 0.1) is 34.1 Å². The van der Waals surface area contributed by atoms with Gasteiger partial charge in [0, 0.05) is 44.0 Å². The third-order valence-electron chi connectivity index (χ3n) is 13.3. The van der Waals surface area contributed by atoms with Crippen molar-refractivity contribution in [3.63, 3.8) is 0 Å². The number of amides is 1. The van der Waals surface area contributed by atoms with Crippen LogP contribution in [0, 0.1) is 10.2 Å². The molecule has 3 aliphatic heterocycles. The molecule has 1 amide bonds. The molecule has 0 unspecified atom stereocenters. The summed E-state index contributed by atoms with van der Waals surface area (Å²) in [5.41, 5.74) is 19.3. The number of nitriles is 1. The number of halogens is 5. The average molecular weight is 1900 g/mol. The van der Waals surface area contributed by atoms with E-state index >= 15 is 0 Å². The maximum Gasteiger partial charge on any atom is 0.519 e. The van der Waals surface area contributed by atoms with E-state index in [1.165, 1.54) is 35.1 Å². The molecule has 0 fully saturated rings. The molecule has 0 saturated carbocycles. The summed E-state index contributed by atoms with van der Waals surface area (Å²) in [5, 5.41) is 9.63. The molecule has 8 rings (SSSR count). The van der Waals surface area contributed by atoms with Crippen molar-refractivity contribution in [2.24, 2.45) is 32.2 Å². The summed E-state index contributed by atoms with van der Waals surface area (Å²) in [6, 6.07) is 26.0. The number of carbonyl (C=O) groups is 4. The predicted molar refractivity (Wildman–Crippen MR) is 429 cm³/mol. The molecule has 0 radical (unpaired) electrons. The van der Waals surface area contributed by atoms with Gasteiger partial charge in [-0.2, -0.15) is 5.26 Å². The van der Waals surface area contributed by atoms with Crippen LogP contribution in [0.1, 0.15) is 145 Å². The SMILES string of the molecule is C.C.CC(=O)c1cccc(Br)n1.CC(C)(C)OC(=O)OC(=O)OC(C)(C)C.CN1C(N)=N[C@](C)(c2cccc(Br)n2)CS1(=O)=O.CN1C(N)=N[C@](C)(c2cccc(Br)n2)CS1(=O)=O.CN1C(NC(=O)OC(C)(C)C)=N[C@](C)(c2cccc(N)n2)CS1(=O)=O.CNS(=O)(=O)C[C@](C)(N)c1cccc(Br)n1.N#CBr. The van der Waals surface area contributed by atoms with Gasteiger partial charge in [-0.05, 0) is 221 Å². The minimum atomic E-state index is -3.72. The van der Waals surface area contributed by atoms with Crippen molar-refractivity contribution in [3.05, 3.63) is 138 Å². The number of ketones is 1. The second-order valence-corrected chi connectivity index (χ2v) is 37.9. The number of nitrogen functional groups attached to an aromatic ring is 1. The molecule has 34 nitrogen and oxygen atoms in total. The van der Waals surface area contributed by atoms with E-state index in [1.807, 2.05) is 0 Å². The van der Waals surface area contributed by atoms with Gasteiger partial charge >= 0.3 is 18.4 Å². The van der Waals surface area contributed by atoms with Crippen LogP contribution < -0.4 is 33.0 Å². The van der Waals surface area contributed by atoms with Crippen molar-refractivity contribution in [3.8, 4) is 4.98 Å². The van der Waals surface area contributed by atoms with Gasteiger partial charge < -0.3 is 41.9 Å². The second-order valence-electron chi connectivity index (χ2n) is 26.4. The molecule has 0 aromatic carbocycles. The fraction of sp³-hybridized carbons (Fsp3) is 0.484. The molecule has 596 valence electrons. The van der Waals surface area contributed by atoms with Gasteiger partial charge in [0.25, 0.3) is 0 Å². The number of nitrogens with one attached hydrogen (secondary N) is 2. The van der Waals surface area contributed by atoms with E-state index in [0.29, 0.717) is 46.9 Å². The number of guanidine groups is 3. The van der Waals surface area contributed by atoms with Crippen LogP contribution in [0.25, 0.3) is 0 Å². The standard InChI is InChI=1S/C15H23N5O4S.2C10H13BrN4O2S.C10H18O5.C9H14BrN3O2S.C7H6BrNO.CBrN.2CH4/c1-14(2,3)24-13(21)18-12-19-15(4,9-25(22,23)20(12)5)10-7-6-8-11(16)17-10;2*1-10(7-4-3-5-8(11)13-7)6-18(16,17)15(2)9(12)14-10;1-9(2,3)14-7(11)13-8(12)15-10(4,5)6;1-9(11,6-16(14,15)12-2)7-4-3-5-8(10)13-7;1-5(10)6-3-2-4-7(8)9-6;2-1-3;;/h6-8H,9H2,1-5H3,(H2,16,17)(H,18,19,21);2*3-5H,6H2,1-2H3,(H2,12,14);1-6H3;3-5,12H,6,11H2,1-2H3;2-4H,1H3;;2*1H4/t15-;2*10-;;9-;;;;/m000.0..../s1. The topological polar surface area (TPSA) is 505 Å². The number of alkyl carbamates (subject to hydrolysis) is 1. The Bertz CT molecular complexity index is 4410. The molecule has 8 heterocycles. The summed E-state index contributed by atoms with van der Waals surface area (Å²) >= 11 is 15.4. The highest BCUT2D eigenvalue weighted by molar-refractivity contribution is 9.12. The van der Waals surface area contributed by atoms with Crippen molar-refractivity contribution in [1.29, 1.82) is 5.26 Å². The van der Waals surface area contributed by atoms with Gasteiger partial charge in [-0.1, -0.05) is 45.2 Å². The number of aromatic nitrogens is 5. The summed E-state index contributed by atoms with van der Waals surface area (Å²) < 4.78 is 123. The van der Waals surface area contributed by atoms with E-state index < -0.39 is 97.5 Å². The van der Waals surface area contributed by atoms with Gasteiger partial charge in [0.15, 0.2) is 5.78 Å². The maximum absolute atomic E-state index is 12.5. The van der Waals surface area contributed by atoms with Crippen LogP contribution in [-0.2, 0) is 81.2 Å². The highest BCUT2D eigenvalue weighted by Crippen LogP contribution is 2.34. The minimum absolute atomic E-state index is 0. The molecule has 107 heavy (non-hydrogen) atoms. The zero-order chi connectivity index (χ0) is 81.1. The second kappa shape index (κ2) is 40.5. The number of carbonyl (C=O) groups excluding carboxylic acids is 4. The monoisotopic (exact) mass is 1890 g/mol. The quantitative estimate of drug-likeness (QED) is 0.0276. The number of nitrogens with zero attached hydrogens (tertiary/aromatic N) is 12. The predicted octanol–water partition coefficient (Wildman–Crippen LogP) is 9.95. The van der Waals surface area contributed by atoms with Crippen LogP contribution in [0.3, 0.4) is 0 Å². The fourth-order valence-electron chi connectivity index (χ4n) is 8.36. The molecule has 0 bridgehead atoms. The largest absolute Gasteiger partial charge is 0.519 e. The van der Waals surface area contributed by atoms with E-state index in [-0.39, 0.29) is 67.3 Å². The number of sulfonamides is 4. The van der Waals surface area contributed by atoms with Gasteiger partial charge in [-0.25, -0.2) is 106 Å². The molecule has 0 saturated heterocycles. The number of rotatable bonds is 8. The average Bonchev–Trinajstić information content (AvgIpc) is 0.771. The lowest BCUT2D eigenvalue weighted by molar-refractivity contribution is -0.0294. The molecule has 0 aliphatic carbocycles. The van der Waals surface area contributed by atoms with Crippen LogP contribution in [-0.4, -0.2) is 182 Å². The Morgan fingerprint density at radius 2 is 0.897 bits per heavy atom. The molecular formula is C64H95Br5N18O16S4. The molecule has 5 aromatic heterocycles. The van der Waals surface area contributed by atoms with Crippen molar-refractivity contribution in [1.82, 2.24) is 47.9 Å². The fourth-order valence-corrected chi connectivity index (χ4v) is 15.2. The lowest BCUT2D eigenvalue weighted by atomic mass is 10.0. The van der Waals surface area contributed by atoms with E-state index in [9.17, 15) is 52.8 Å². The number of ether oxygens (including phenoxy) is 4. The molecule has 43 heteroatoms. The zero-order valence-electron chi connectivity index (χ0n) is 60.7. The first-order chi connectivity index (χ1) is 47.7. The molecule has 4 atom stereocenters. The highest BCUT2D eigenvalue weighted by atomic mass is 79.9. The number of aliphatic imine (C=N–C) groups is 3. The van der Waals surface area contributed by atoms with Crippen LogP contribution in [0.2, 0.25) is 0 Å². The van der Waals surface area contributed by atoms with Gasteiger partial charge in [0.2, 0.25) is 58.0 Å². The number of hydrogen-bond acceptors (Lipinski definition) is 29. The Kier molecular flexibility index (Phi) is 37.8. The van der Waals surface area contributed by atoms with Crippen LogP contribution in [0.4, 0.5) is 20.2 Å². The van der Waals surface area contributed by atoms with Crippen molar-refractivity contribution < 1.29 is 71.8 Å². The Labute approximate surface area is 669 Å². The Morgan fingerprint density at radius 3 is 1.22 bits per heavy atom. The third-order valence-corrected chi connectivity index (χ3v) is 22.5. The highest BCUT2D eigenvalue weighted by Gasteiger charge is 2.45. The number of pyridine rings is 5. The third kappa shape index (κ3) is 33.7. The summed E-state index contributed by atoms with van der Waals surface area (Å²) in [6.07, 6.45) is -2.91. The smallest absolute Gasteiger partial charge is 0.444 e. The Hall–Kier alpha value is -7.15. The van der Waals surface area contributed by atoms with E-state index in [1.54, 1.807) is 186 Å². The van der Waals surface area contributed by atoms with E-state index in [4.69, 9.17) is 42.4 Å². The maximum atomic E-state index is 12.5. The normalized spacial score (nSPS) is 19.4. The number of hydrogen-bond donors (Lipinski definition) is 6. The zero-order valence-corrected chi connectivity index (χ0v) is 71.9. The first-order valence-electron chi connectivity index (χ1n) is 30.5. The molecule has 0 spiro atoms. The lowest BCUT2D eigenvalue weighted by Gasteiger charge is -2.35. The number of anilines is 1. The lowest BCUT2D eigenvalue weighted by Crippen LogP contribution is -2.54. The summed E-state index contributed by atoms with van der Waals surface area (Å²) in [4.78, 5) is 80.0. The van der Waals surface area contributed by atoms with Gasteiger partial charge in [0.1, 0.15) is 85.6 Å². The number of Topliss-reactive ketones (excluding diaryl/α,β-unsaturated/α-hetero) is 1. The van der Waals surface area contributed by atoms with E-state index in [2.05, 4.69) is 134 Å². The molecule has 3 aliphatic rings. The van der Waals surface area contributed by atoms with Gasteiger partial charge in [-0.15, -0.1) is 0 Å². The van der Waals surface area contributed by atoms with Crippen LogP contribution >= 0.6 is 79.6 Å². The number of nitrogens with two attached hydrogens (primary N) is 4.